The molecule has 1 heterocycles. The molecular formula is C14H18BrNO2. The summed E-state index contributed by atoms with van der Waals surface area (Å²) in [5.41, 5.74) is 1.28. The predicted octanol–water partition coefficient (Wildman–Crippen LogP) is 2.68. The predicted molar refractivity (Wildman–Crippen MR) is 74.4 cm³/mol. The van der Waals surface area contributed by atoms with Gasteiger partial charge in [-0.2, -0.15) is 0 Å². The normalized spacial score (nSPS) is 23.0. The number of esters is 1. The highest BCUT2D eigenvalue weighted by molar-refractivity contribution is 9.10. The SMILES string of the molecule is CCOC(=O)[C@@H]1CC[C@H](Cc2cccc(Br)c2)N1. The molecule has 0 saturated carbocycles. The summed E-state index contributed by atoms with van der Waals surface area (Å²) in [6, 6.07) is 8.55. The molecule has 0 aliphatic carbocycles. The molecule has 4 heteroatoms. The molecule has 98 valence electrons. The maximum atomic E-state index is 11.6. The first-order valence-corrected chi connectivity index (χ1v) is 7.15. The fourth-order valence-corrected chi connectivity index (χ4v) is 2.80. The summed E-state index contributed by atoms with van der Waals surface area (Å²) in [6.07, 6.45) is 2.85. The third-order valence-corrected chi connectivity index (χ3v) is 3.68. The van der Waals surface area contributed by atoms with E-state index in [1.54, 1.807) is 0 Å². The Labute approximate surface area is 116 Å². The van der Waals surface area contributed by atoms with Crippen LogP contribution < -0.4 is 5.32 Å². The molecule has 2 rings (SSSR count). The van der Waals surface area contributed by atoms with Gasteiger partial charge in [-0.05, 0) is 43.9 Å². The summed E-state index contributed by atoms with van der Waals surface area (Å²) in [4.78, 5) is 11.6. The largest absolute Gasteiger partial charge is 0.465 e. The number of carbonyl (C=O) groups is 1. The standard InChI is InChI=1S/C14H18BrNO2/c1-2-18-14(17)13-7-6-12(16-13)9-10-4-3-5-11(15)8-10/h3-5,8,12-13,16H,2,6-7,9H2,1H3/t12-,13+/m1/s1. The van der Waals surface area contributed by atoms with Crippen molar-refractivity contribution in [2.45, 2.75) is 38.3 Å². The van der Waals surface area contributed by atoms with E-state index in [-0.39, 0.29) is 12.0 Å². The minimum Gasteiger partial charge on any atom is -0.465 e. The van der Waals surface area contributed by atoms with Crippen LogP contribution in [0.25, 0.3) is 0 Å². The molecule has 1 fully saturated rings. The molecule has 0 aromatic heterocycles. The first kappa shape index (κ1) is 13.6. The van der Waals surface area contributed by atoms with Crippen LogP contribution in [0.2, 0.25) is 0 Å². The topological polar surface area (TPSA) is 38.3 Å². The third kappa shape index (κ3) is 3.56. The molecule has 3 nitrogen and oxygen atoms in total. The van der Waals surface area contributed by atoms with Crippen LogP contribution in [0.3, 0.4) is 0 Å². The number of nitrogens with one attached hydrogen (secondary N) is 1. The van der Waals surface area contributed by atoms with Gasteiger partial charge in [0.15, 0.2) is 0 Å². The fourth-order valence-electron chi connectivity index (χ4n) is 2.36. The number of hydrogen-bond donors (Lipinski definition) is 1. The first-order chi connectivity index (χ1) is 8.69. The Bertz CT molecular complexity index is 422. The second-order valence-electron chi connectivity index (χ2n) is 4.58. The van der Waals surface area contributed by atoms with Crippen LogP contribution in [-0.4, -0.2) is 24.7 Å². The highest BCUT2D eigenvalue weighted by Crippen LogP contribution is 2.19. The number of benzene rings is 1. The van der Waals surface area contributed by atoms with Crippen LogP contribution in [0.5, 0.6) is 0 Å². The summed E-state index contributed by atoms with van der Waals surface area (Å²) in [7, 11) is 0. The van der Waals surface area contributed by atoms with Crippen molar-refractivity contribution < 1.29 is 9.53 Å². The average molecular weight is 312 g/mol. The zero-order valence-electron chi connectivity index (χ0n) is 10.5. The van der Waals surface area contributed by atoms with Crippen LogP contribution in [0, 0.1) is 0 Å². The van der Waals surface area contributed by atoms with Crippen molar-refractivity contribution in [3.05, 3.63) is 34.3 Å². The van der Waals surface area contributed by atoms with Crippen molar-refractivity contribution in [2.75, 3.05) is 6.61 Å². The Morgan fingerprint density at radius 1 is 1.50 bits per heavy atom. The first-order valence-electron chi connectivity index (χ1n) is 6.36. The zero-order chi connectivity index (χ0) is 13.0. The Balaban J connectivity index is 1.88. The maximum absolute atomic E-state index is 11.6. The summed E-state index contributed by atoms with van der Waals surface area (Å²) >= 11 is 3.47. The molecular weight excluding hydrogens is 294 g/mol. The van der Waals surface area contributed by atoms with Gasteiger partial charge in [-0.15, -0.1) is 0 Å². The summed E-state index contributed by atoms with van der Waals surface area (Å²) in [6.45, 7) is 2.29. The minimum absolute atomic E-state index is 0.116. The van der Waals surface area contributed by atoms with E-state index in [4.69, 9.17) is 4.74 Å². The molecule has 1 N–H and O–H groups in total. The lowest BCUT2D eigenvalue weighted by Gasteiger charge is -2.13. The highest BCUT2D eigenvalue weighted by Gasteiger charge is 2.29. The van der Waals surface area contributed by atoms with Gasteiger partial charge in [-0.1, -0.05) is 28.1 Å². The van der Waals surface area contributed by atoms with E-state index in [2.05, 4.69) is 33.4 Å². The average Bonchev–Trinajstić information content (AvgIpc) is 2.78. The Morgan fingerprint density at radius 3 is 3.06 bits per heavy atom. The summed E-state index contributed by atoms with van der Waals surface area (Å²) in [5, 5.41) is 3.35. The number of carbonyl (C=O) groups excluding carboxylic acids is 1. The molecule has 2 atom stereocenters. The van der Waals surface area contributed by atoms with E-state index in [9.17, 15) is 4.79 Å². The van der Waals surface area contributed by atoms with Gasteiger partial charge >= 0.3 is 5.97 Å². The van der Waals surface area contributed by atoms with Gasteiger partial charge in [0.05, 0.1) is 6.61 Å². The van der Waals surface area contributed by atoms with Gasteiger partial charge in [0, 0.05) is 10.5 Å². The Kier molecular flexibility index (Phi) is 4.78. The smallest absolute Gasteiger partial charge is 0.323 e. The molecule has 0 spiro atoms. The van der Waals surface area contributed by atoms with Crippen molar-refractivity contribution in [2.24, 2.45) is 0 Å². The molecule has 0 amide bonds. The van der Waals surface area contributed by atoms with Gasteiger partial charge in [0.1, 0.15) is 6.04 Å². The van der Waals surface area contributed by atoms with Gasteiger partial charge in [-0.3, -0.25) is 4.79 Å². The monoisotopic (exact) mass is 311 g/mol. The number of halogens is 1. The van der Waals surface area contributed by atoms with E-state index in [0.717, 1.165) is 23.7 Å². The van der Waals surface area contributed by atoms with Crippen molar-refractivity contribution in [3.63, 3.8) is 0 Å². The van der Waals surface area contributed by atoms with E-state index in [1.807, 2.05) is 19.1 Å². The van der Waals surface area contributed by atoms with Crippen molar-refractivity contribution in [3.8, 4) is 0 Å². The van der Waals surface area contributed by atoms with Crippen LogP contribution in [0.4, 0.5) is 0 Å². The minimum atomic E-state index is -0.123. The molecule has 1 saturated heterocycles. The van der Waals surface area contributed by atoms with Gasteiger partial charge < -0.3 is 10.1 Å². The molecule has 1 aliphatic heterocycles. The van der Waals surface area contributed by atoms with Gasteiger partial charge in [-0.25, -0.2) is 0 Å². The molecule has 1 aromatic rings. The van der Waals surface area contributed by atoms with Crippen LogP contribution >= 0.6 is 15.9 Å². The summed E-state index contributed by atoms with van der Waals surface area (Å²) < 4.78 is 6.13. The Hall–Kier alpha value is -0.870. The third-order valence-electron chi connectivity index (χ3n) is 3.18. The lowest BCUT2D eigenvalue weighted by molar-refractivity contribution is -0.145. The highest BCUT2D eigenvalue weighted by atomic mass is 79.9. The van der Waals surface area contributed by atoms with Gasteiger partial charge in [0.2, 0.25) is 0 Å². The van der Waals surface area contributed by atoms with Crippen molar-refractivity contribution in [1.29, 1.82) is 0 Å². The van der Waals surface area contributed by atoms with Crippen molar-refractivity contribution >= 4 is 21.9 Å². The quantitative estimate of drug-likeness (QED) is 0.869. The lowest BCUT2D eigenvalue weighted by Crippen LogP contribution is -2.37. The van der Waals surface area contributed by atoms with E-state index in [1.165, 1.54) is 5.56 Å². The van der Waals surface area contributed by atoms with Crippen LogP contribution in [0.15, 0.2) is 28.7 Å². The van der Waals surface area contributed by atoms with Crippen LogP contribution in [-0.2, 0) is 16.0 Å². The molecule has 0 unspecified atom stereocenters. The fraction of sp³-hybridized carbons (Fsp3) is 0.500. The second-order valence-corrected chi connectivity index (χ2v) is 5.50. The number of hydrogen-bond acceptors (Lipinski definition) is 3. The van der Waals surface area contributed by atoms with E-state index >= 15 is 0 Å². The summed E-state index contributed by atoms with van der Waals surface area (Å²) in [5.74, 6) is -0.116. The number of ether oxygens (including phenoxy) is 1. The number of rotatable bonds is 4. The lowest BCUT2D eigenvalue weighted by atomic mass is 10.0. The Morgan fingerprint density at radius 2 is 2.33 bits per heavy atom. The zero-order valence-corrected chi connectivity index (χ0v) is 12.1. The van der Waals surface area contributed by atoms with Gasteiger partial charge in [0.25, 0.3) is 0 Å². The molecule has 1 aliphatic rings. The maximum Gasteiger partial charge on any atom is 0.323 e. The molecule has 18 heavy (non-hydrogen) atoms. The molecule has 0 radical (unpaired) electrons. The van der Waals surface area contributed by atoms with Crippen molar-refractivity contribution in [1.82, 2.24) is 5.32 Å². The van der Waals surface area contributed by atoms with E-state index in [0.29, 0.717) is 12.6 Å². The van der Waals surface area contributed by atoms with Crippen LogP contribution in [0.1, 0.15) is 25.3 Å². The van der Waals surface area contributed by atoms with E-state index < -0.39 is 0 Å². The molecule has 1 aromatic carbocycles. The molecule has 0 bridgehead atoms. The second kappa shape index (κ2) is 6.34.